The topological polar surface area (TPSA) is 45.8 Å². The average Bonchev–Trinajstić information content (AvgIpc) is 3.44. The molecule has 3 aromatic rings. The van der Waals surface area contributed by atoms with E-state index in [4.69, 9.17) is 32.7 Å². The zero-order chi connectivity index (χ0) is 21.4. The van der Waals surface area contributed by atoms with E-state index in [1.807, 2.05) is 48.5 Å². The molecule has 156 valence electrons. The Morgan fingerprint density at radius 3 is 2.42 bits per heavy atom. The van der Waals surface area contributed by atoms with Gasteiger partial charge in [-0.1, -0.05) is 47.5 Å². The van der Waals surface area contributed by atoms with Gasteiger partial charge in [-0.05, 0) is 78.4 Å². The first kappa shape index (κ1) is 20.1. The normalized spacial score (nSPS) is 21.8. The summed E-state index contributed by atoms with van der Waals surface area (Å²) < 4.78 is 5.39. The van der Waals surface area contributed by atoms with Crippen LogP contribution < -0.4 is 0 Å². The molecule has 1 fully saturated rings. The molecule has 1 aromatic heterocycles. The zero-order valence-corrected chi connectivity index (χ0v) is 18.2. The monoisotopic (exact) mass is 450 g/mol. The summed E-state index contributed by atoms with van der Waals surface area (Å²) in [7, 11) is 0. The lowest BCUT2D eigenvalue weighted by Crippen LogP contribution is -2.31. The van der Waals surface area contributed by atoms with Crippen molar-refractivity contribution in [2.24, 2.45) is 11.0 Å². The number of carbonyl (C=O) groups excluding carboxylic acids is 1. The third-order valence-corrected chi connectivity index (χ3v) is 6.37. The standard InChI is InChI=1S/C25H20Cl2N2O2/c26-19-10-6-16(7-11-19)15-18-3-1-4-21-23(18)28-29(25(30)22-5-2-14-31-22)24(21)17-8-12-20(27)13-9-17/h2,5-15,21,24H,1,3-4H2/b18-15+/t21-,24+/m0/s1. The molecule has 1 amide bonds. The third-order valence-electron chi connectivity index (χ3n) is 5.86. The maximum absolute atomic E-state index is 13.3. The van der Waals surface area contributed by atoms with Crippen LogP contribution in [0.4, 0.5) is 0 Å². The summed E-state index contributed by atoms with van der Waals surface area (Å²) in [5.41, 5.74) is 4.22. The predicted molar refractivity (Wildman–Crippen MR) is 123 cm³/mol. The molecule has 0 bridgehead atoms. The maximum Gasteiger partial charge on any atom is 0.310 e. The van der Waals surface area contributed by atoms with Crippen molar-refractivity contribution in [2.75, 3.05) is 0 Å². The summed E-state index contributed by atoms with van der Waals surface area (Å²) in [5, 5.41) is 7.81. The van der Waals surface area contributed by atoms with Gasteiger partial charge in [0.05, 0.1) is 18.0 Å². The lowest BCUT2D eigenvalue weighted by molar-refractivity contribution is 0.0648. The van der Waals surface area contributed by atoms with Crippen LogP contribution in [0.15, 0.2) is 82.0 Å². The number of halogens is 2. The Bertz CT molecular complexity index is 1150. The summed E-state index contributed by atoms with van der Waals surface area (Å²) in [6.45, 7) is 0. The highest BCUT2D eigenvalue weighted by atomic mass is 35.5. The summed E-state index contributed by atoms with van der Waals surface area (Å²) in [4.78, 5) is 13.3. The van der Waals surface area contributed by atoms with E-state index >= 15 is 0 Å². The van der Waals surface area contributed by atoms with E-state index in [1.54, 1.807) is 17.1 Å². The molecule has 2 aliphatic rings. The van der Waals surface area contributed by atoms with Crippen LogP contribution in [-0.2, 0) is 0 Å². The van der Waals surface area contributed by atoms with Crippen LogP contribution in [-0.4, -0.2) is 16.6 Å². The van der Waals surface area contributed by atoms with E-state index in [0.717, 1.165) is 41.7 Å². The van der Waals surface area contributed by atoms with Gasteiger partial charge in [0.15, 0.2) is 5.76 Å². The van der Waals surface area contributed by atoms with Crippen LogP contribution >= 0.6 is 23.2 Å². The number of allylic oxidation sites excluding steroid dienone is 1. The molecule has 0 spiro atoms. The Kier molecular flexibility index (Phi) is 5.43. The minimum atomic E-state index is -0.238. The Morgan fingerprint density at radius 1 is 1.03 bits per heavy atom. The molecule has 1 aliphatic carbocycles. The number of carbonyl (C=O) groups is 1. The van der Waals surface area contributed by atoms with E-state index in [9.17, 15) is 4.79 Å². The van der Waals surface area contributed by atoms with Crippen LogP contribution in [0.2, 0.25) is 10.0 Å². The lowest BCUT2D eigenvalue weighted by atomic mass is 9.77. The van der Waals surface area contributed by atoms with Crippen LogP contribution in [0.5, 0.6) is 0 Å². The molecule has 1 saturated carbocycles. The lowest BCUT2D eigenvalue weighted by Gasteiger charge is -2.29. The van der Waals surface area contributed by atoms with Crippen molar-refractivity contribution >= 4 is 40.9 Å². The average molecular weight is 451 g/mol. The molecule has 6 heteroatoms. The van der Waals surface area contributed by atoms with Crippen molar-refractivity contribution in [3.63, 3.8) is 0 Å². The van der Waals surface area contributed by atoms with E-state index in [1.165, 1.54) is 6.26 Å². The molecule has 2 atom stereocenters. The van der Waals surface area contributed by atoms with Crippen molar-refractivity contribution in [1.82, 2.24) is 5.01 Å². The maximum atomic E-state index is 13.3. The van der Waals surface area contributed by atoms with Gasteiger partial charge < -0.3 is 4.42 Å². The van der Waals surface area contributed by atoms with Crippen molar-refractivity contribution < 1.29 is 9.21 Å². The van der Waals surface area contributed by atoms with Crippen LogP contribution in [0.25, 0.3) is 6.08 Å². The number of nitrogens with zero attached hydrogens (tertiary/aromatic N) is 2. The number of rotatable bonds is 3. The number of benzene rings is 2. The highest BCUT2D eigenvalue weighted by Gasteiger charge is 2.44. The first-order valence-corrected chi connectivity index (χ1v) is 11.0. The second-order valence-corrected chi connectivity index (χ2v) is 8.70. The molecule has 0 radical (unpaired) electrons. The number of amides is 1. The van der Waals surface area contributed by atoms with Crippen LogP contribution in [0.1, 0.15) is 47.0 Å². The Labute approximate surface area is 190 Å². The van der Waals surface area contributed by atoms with Gasteiger partial charge >= 0.3 is 5.91 Å². The van der Waals surface area contributed by atoms with Gasteiger partial charge in [0.1, 0.15) is 0 Å². The van der Waals surface area contributed by atoms with Gasteiger partial charge in [0.2, 0.25) is 0 Å². The smallest absolute Gasteiger partial charge is 0.310 e. The zero-order valence-electron chi connectivity index (χ0n) is 16.7. The van der Waals surface area contributed by atoms with Crippen molar-refractivity contribution in [2.45, 2.75) is 25.3 Å². The molecule has 2 aromatic carbocycles. The van der Waals surface area contributed by atoms with Crippen LogP contribution in [0.3, 0.4) is 0 Å². The van der Waals surface area contributed by atoms with Gasteiger partial charge in [-0.3, -0.25) is 4.79 Å². The Hall–Kier alpha value is -2.82. The molecule has 31 heavy (non-hydrogen) atoms. The number of hydrazone groups is 1. The van der Waals surface area contributed by atoms with Crippen molar-refractivity contribution in [3.8, 4) is 0 Å². The quantitative estimate of drug-likeness (QED) is 0.430. The molecule has 1 aliphatic heterocycles. The largest absolute Gasteiger partial charge is 0.459 e. The number of hydrogen-bond acceptors (Lipinski definition) is 3. The van der Waals surface area contributed by atoms with E-state index in [2.05, 4.69) is 6.08 Å². The first-order chi connectivity index (χ1) is 15.1. The third kappa shape index (κ3) is 3.93. The van der Waals surface area contributed by atoms with Crippen LogP contribution in [0, 0.1) is 5.92 Å². The molecular weight excluding hydrogens is 431 g/mol. The number of hydrogen-bond donors (Lipinski definition) is 0. The fourth-order valence-corrected chi connectivity index (χ4v) is 4.69. The second-order valence-electron chi connectivity index (χ2n) is 7.83. The number of furan rings is 1. The molecule has 0 unspecified atom stereocenters. The number of fused-ring (bicyclic) bond motifs is 1. The highest BCUT2D eigenvalue weighted by molar-refractivity contribution is 6.30. The highest BCUT2D eigenvalue weighted by Crippen LogP contribution is 2.45. The van der Waals surface area contributed by atoms with E-state index in [-0.39, 0.29) is 23.6 Å². The summed E-state index contributed by atoms with van der Waals surface area (Å²) in [6.07, 6.45) is 6.59. The Balaban J connectivity index is 1.57. The molecule has 0 N–H and O–H groups in total. The minimum absolute atomic E-state index is 0.118. The molecular formula is C25H20Cl2N2O2. The molecule has 2 heterocycles. The van der Waals surface area contributed by atoms with Gasteiger partial charge in [-0.2, -0.15) is 5.10 Å². The van der Waals surface area contributed by atoms with E-state index in [0.29, 0.717) is 10.0 Å². The summed E-state index contributed by atoms with van der Waals surface area (Å²) in [6, 6.07) is 18.6. The van der Waals surface area contributed by atoms with Crippen molar-refractivity contribution in [3.05, 3.63) is 99.4 Å². The fraction of sp³-hybridized carbons (Fsp3) is 0.200. The molecule has 5 rings (SSSR count). The summed E-state index contributed by atoms with van der Waals surface area (Å²) in [5.74, 6) is 0.162. The Morgan fingerprint density at radius 2 is 1.74 bits per heavy atom. The molecule has 0 saturated heterocycles. The van der Waals surface area contributed by atoms with Gasteiger partial charge in [-0.25, -0.2) is 5.01 Å². The van der Waals surface area contributed by atoms with Gasteiger partial charge in [0.25, 0.3) is 0 Å². The fourth-order valence-electron chi connectivity index (χ4n) is 4.43. The summed E-state index contributed by atoms with van der Waals surface area (Å²) >= 11 is 12.2. The van der Waals surface area contributed by atoms with Gasteiger partial charge in [-0.15, -0.1) is 0 Å². The predicted octanol–water partition coefficient (Wildman–Crippen LogP) is 7.02. The first-order valence-electron chi connectivity index (χ1n) is 10.3. The second kappa shape index (κ2) is 8.37. The van der Waals surface area contributed by atoms with E-state index < -0.39 is 0 Å². The van der Waals surface area contributed by atoms with Gasteiger partial charge in [0, 0.05) is 16.0 Å². The SMILES string of the molecule is O=C(c1ccco1)N1N=C2/C(=C/c3ccc(Cl)cc3)CCC[C@@H]2[C@H]1c1ccc(Cl)cc1. The molecule has 4 nitrogen and oxygen atoms in total. The van der Waals surface area contributed by atoms with Crippen molar-refractivity contribution in [1.29, 1.82) is 0 Å². The minimum Gasteiger partial charge on any atom is -0.459 e.